The van der Waals surface area contributed by atoms with Crippen molar-refractivity contribution in [3.05, 3.63) is 94.5 Å². The summed E-state index contributed by atoms with van der Waals surface area (Å²) in [5.41, 5.74) is 3.55. The van der Waals surface area contributed by atoms with Crippen LogP contribution in [0.3, 0.4) is 0 Å². The number of amides is 2. The van der Waals surface area contributed by atoms with Gasteiger partial charge in [0, 0.05) is 10.6 Å². The first-order chi connectivity index (χ1) is 15.5. The Labute approximate surface area is 188 Å². The van der Waals surface area contributed by atoms with Gasteiger partial charge in [0.1, 0.15) is 17.1 Å². The second-order valence-corrected chi connectivity index (χ2v) is 7.21. The number of carbonyl (C=O) groups is 3. The van der Waals surface area contributed by atoms with Crippen LogP contribution in [0.2, 0.25) is 5.02 Å². The maximum atomic E-state index is 12.8. The maximum absolute atomic E-state index is 12.8. The maximum Gasteiger partial charge on any atom is 0.343 e. The van der Waals surface area contributed by atoms with Crippen molar-refractivity contribution < 1.29 is 23.9 Å². The van der Waals surface area contributed by atoms with Crippen molar-refractivity contribution in [1.29, 1.82) is 0 Å². The highest BCUT2D eigenvalue weighted by atomic mass is 35.5. The molecule has 0 aliphatic carbocycles. The molecule has 8 heteroatoms. The van der Waals surface area contributed by atoms with Crippen LogP contribution in [-0.2, 0) is 9.59 Å². The van der Waals surface area contributed by atoms with Gasteiger partial charge in [0.15, 0.2) is 0 Å². The number of ether oxygens (including phenoxy) is 2. The molecule has 3 aromatic rings. The molecule has 1 saturated heterocycles. The normalized spacial score (nSPS) is 14.4. The second kappa shape index (κ2) is 8.95. The van der Waals surface area contributed by atoms with E-state index in [-0.39, 0.29) is 11.3 Å². The molecule has 4 rings (SSSR count). The largest absolute Gasteiger partial charge is 0.497 e. The fourth-order valence-electron chi connectivity index (χ4n) is 3.08. The van der Waals surface area contributed by atoms with Crippen molar-refractivity contribution in [1.82, 2.24) is 5.43 Å². The zero-order chi connectivity index (χ0) is 22.7. The first-order valence-electron chi connectivity index (χ1n) is 9.54. The van der Waals surface area contributed by atoms with E-state index in [4.69, 9.17) is 21.1 Å². The third-order valence-corrected chi connectivity index (χ3v) is 4.94. The lowest BCUT2D eigenvalue weighted by Crippen LogP contribution is -2.35. The minimum atomic E-state index is -0.609. The van der Waals surface area contributed by atoms with Gasteiger partial charge in [0.05, 0.1) is 18.4 Å². The molecule has 0 radical (unpaired) electrons. The smallest absolute Gasteiger partial charge is 0.343 e. The van der Waals surface area contributed by atoms with E-state index < -0.39 is 17.8 Å². The van der Waals surface area contributed by atoms with E-state index in [1.807, 2.05) is 0 Å². The van der Waals surface area contributed by atoms with Crippen LogP contribution in [-0.4, -0.2) is 24.9 Å². The number of rotatable bonds is 5. The monoisotopic (exact) mass is 448 g/mol. The molecule has 160 valence electrons. The van der Waals surface area contributed by atoms with Crippen LogP contribution in [0.15, 0.2) is 78.4 Å². The minimum Gasteiger partial charge on any atom is -0.497 e. The SMILES string of the molecule is COc1ccc(C(=O)Oc2ccc(Cl)cc2C=C2C(=O)NN(c3ccccc3)C2=O)cc1. The summed E-state index contributed by atoms with van der Waals surface area (Å²) in [6, 6.07) is 19.7. The second-order valence-electron chi connectivity index (χ2n) is 6.78. The number of carbonyl (C=O) groups excluding carboxylic acids is 3. The molecular formula is C24H17ClN2O5. The molecule has 1 heterocycles. The molecule has 32 heavy (non-hydrogen) atoms. The number of para-hydroxylation sites is 1. The van der Waals surface area contributed by atoms with Crippen LogP contribution in [0.25, 0.3) is 6.08 Å². The lowest BCUT2D eigenvalue weighted by Gasteiger charge is -2.14. The Morgan fingerprint density at radius 1 is 1.00 bits per heavy atom. The zero-order valence-corrected chi connectivity index (χ0v) is 17.6. The standard InChI is InChI=1S/C24H17ClN2O5/c1-31-19-10-7-15(8-11-19)24(30)32-21-12-9-17(25)13-16(21)14-20-22(28)26-27(23(20)29)18-5-3-2-4-6-18/h2-14H,1H3,(H,26,28). The van der Waals surface area contributed by atoms with Gasteiger partial charge in [-0.25, -0.2) is 9.80 Å². The van der Waals surface area contributed by atoms with Crippen molar-refractivity contribution in [3.8, 4) is 11.5 Å². The first kappa shape index (κ1) is 21.1. The van der Waals surface area contributed by atoms with Gasteiger partial charge in [-0.1, -0.05) is 29.8 Å². The third-order valence-electron chi connectivity index (χ3n) is 4.71. The van der Waals surface area contributed by atoms with E-state index in [0.29, 0.717) is 27.6 Å². The zero-order valence-electron chi connectivity index (χ0n) is 16.9. The highest BCUT2D eigenvalue weighted by molar-refractivity contribution is 6.32. The molecule has 3 aromatic carbocycles. The molecule has 1 aliphatic heterocycles. The van der Waals surface area contributed by atoms with Gasteiger partial charge in [-0.3, -0.25) is 15.0 Å². The lowest BCUT2D eigenvalue weighted by molar-refractivity contribution is -0.117. The van der Waals surface area contributed by atoms with Gasteiger partial charge in [-0.05, 0) is 60.7 Å². The van der Waals surface area contributed by atoms with Crippen LogP contribution in [0.1, 0.15) is 15.9 Å². The molecule has 0 aromatic heterocycles. The van der Waals surface area contributed by atoms with E-state index in [0.717, 1.165) is 5.01 Å². The van der Waals surface area contributed by atoms with Crippen LogP contribution in [0.5, 0.6) is 11.5 Å². The van der Waals surface area contributed by atoms with E-state index in [1.54, 1.807) is 60.7 Å². The molecule has 7 nitrogen and oxygen atoms in total. The van der Waals surface area contributed by atoms with E-state index >= 15 is 0 Å². The van der Waals surface area contributed by atoms with Crippen LogP contribution in [0.4, 0.5) is 5.69 Å². The molecule has 0 bridgehead atoms. The van der Waals surface area contributed by atoms with Crippen LogP contribution >= 0.6 is 11.6 Å². The Kier molecular flexibility index (Phi) is 5.91. The van der Waals surface area contributed by atoms with Gasteiger partial charge in [0.25, 0.3) is 11.8 Å². The number of hydrogen-bond donors (Lipinski definition) is 1. The molecule has 0 saturated carbocycles. The quantitative estimate of drug-likeness (QED) is 0.276. The van der Waals surface area contributed by atoms with Crippen molar-refractivity contribution in [2.75, 3.05) is 12.1 Å². The molecule has 0 spiro atoms. The molecule has 1 N–H and O–H groups in total. The number of hydrogen-bond acceptors (Lipinski definition) is 5. The topological polar surface area (TPSA) is 84.9 Å². The van der Waals surface area contributed by atoms with E-state index in [9.17, 15) is 14.4 Å². The summed E-state index contributed by atoms with van der Waals surface area (Å²) >= 11 is 6.11. The molecule has 0 atom stereocenters. The fraction of sp³-hybridized carbons (Fsp3) is 0.0417. The Morgan fingerprint density at radius 2 is 1.72 bits per heavy atom. The van der Waals surface area contributed by atoms with Crippen molar-refractivity contribution in [2.24, 2.45) is 0 Å². The lowest BCUT2D eigenvalue weighted by atomic mass is 10.1. The summed E-state index contributed by atoms with van der Waals surface area (Å²) in [6.07, 6.45) is 1.35. The van der Waals surface area contributed by atoms with Crippen LogP contribution in [0, 0.1) is 0 Å². The Morgan fingerprint density at radius 3 is 2.41 bits per heavy atom. The number of hydrazine groups is 1. The summed E-state index contributed by atoms with van der Waals surface area (Å²) in [5.74, 6) is -0.962. The van der Waals surface area contributed by atoms with E-state index in [2.05, 4.69) is 5.43 Å². The number of anilines is 1. The molecule has 0 unspecified atom stereocenters. The Balaban J connectivity index is 1.63. The summed E-state index contributed by atoms with van der Waals surface area (Å²) in [5, 5.41) is 1.51. The fourth-order valence-corrected chi connectivity index (χ4v) is 3.26. The van der Waals surface area contributed by atoms with Crippen molar-refractivity contribution in [2.45, 2.75) is 0 Å². The van der Waals surface area contributed by atoms with Crippen LogP contribution < -0.4 is 19.9 Å². The molecular weight excluding hydrogens is 432 g/mol. The number of nitrogens with zero attached hydrogens (tertiary/aromatic N) is 1. The predicted molar refractivity (Wildman–Crippen MR) is 119 cm³/mol. The van der Waals surface area contributed by atoms with Gasteiger partial charge < -0.3 is 9.47 Å². The highest BCUT2D eigenvalue weighted by Crippen LogP contribution is 2.28. The van der Waals surface area contributed by atoms with Crippen molar-refractivity contribution in [3.63, 3.8) is 0 Å². The predicted octanol–water partition coefficient (Wildman–Crippen LogP) is 4.03. The molecule has 1 aliphatic rings. The Hall–Kier alpha value is -4.10. The Bertz CT molecular complexity index is 1220. The van der Waals surface area contributed by atoms with E-state index in [1.165, 1.54) is 25.3 Å². The minimum absolute atomic E-state index is 0.113. The third kappa shape index (κ3) is 4.33. The number of benzene rings is 3. The molecule has 2 amide bonds. The molecule has 1 fully saturated rings. The number of halogens is 1. The number of esters is 1. The van der Waals surface area contributed by atoms with Gasteiger partial charge in [0.2, 0.25) is 0 Å². The summed E-state index contributed by atoms with van der Waals surface area (Å²) in [7, 11) is 1.53. The van der Waals surface area contributed by atoms with Gasteiger partial charge in [-0.2, -0.15) is 0 Å². The summed E-state index contributed by atoms with van der Waals surface area (Å²) < 4.78 is 10.6. The summed E-state index contributed by atoms with van der Waals surface area (Å²) in [6.45, 7) is 0. The average molecular weight is 449 g/mol. The highest BCUT2D eigenvalue weighted by Gasteiger charge is 2.34. The van der Waals surface area contributed by atoms with Crippen molar-refractivity contribution >= 4 is 41.1 Å². The first-order valence-corrected chi connectivity index (χ1v) is 9.92. The van der Waals surface area contributed by atoms with Gasteiger partial charge in [-0.15, -0.1) is 0 Å². The summed E-state index contributed by atoms with van der Waals surface area (Å²) in [4.78, 5) is 37.9. The number of methoxy groups -OCH3 is 1. The number of nitrogens with one attached hydrogen (secondary N) is 1. The van der Waals surface area contributed by atoms with Gasteiger partial charge >= 0.3 is 5.97 Å². The average Bonchev–Trinajstić information content (AvgIpc) is 3.09.